The van der Waals surface area contributed by atoms with Crippen molar-refractivity contribution in [3.8, 4) is 0 Å². The number of H-pyrrole nitrogens is 2. The molecule has 0 aliphatic rings. The van der Waals surface area contributed by atoms with Crippen LogP contribution < -0.4 is 5.56 Å². The van der Waals surface area contributed by atoms with Gasteiger partial charge < -0.3 is 14.7 Å². The van der Waals surface area contributed by atoms with Gasteiger partial charge in [-0.2, -0.15) is 0 Å². The molecular weight excluding hydrogens is 356 g/mol. The van der Waals surface area contributed by atoms with Crippen molar-refractivity contribution in [2.45, 2.75) is 20.0 Å². The van der Waals surface area contributed by atoms with Crippen molar-refractivity contribution in [3.05, 3.63) is 81.9 Å². The van der Waals surface area contributed by atoms with Gasteiger partial charge in [0.1, 0.15) is 5.69 Å². The molecule has 0 fully saturated rings. The van der Waals surface area contributed by atoms with Gasteiger partial charge >= 0.3 is 5.97 Å². The average Bonchev–Trinajstić information content (AvgIpc) is 3.02. The number of rotatable bonds is 4. The number of pyridine rings is 1. The highest BCUT2D eigenvalue weighted by Gasteiger charge is 2.25. The maximum atomic E-state index is 12.9. The summed E-state index contributed by atoms with van der Waals surface area (Å²) < 4.78 is 5.36. The predicted octanol–water partition coefficient (Wildman–Crippen LogP) is 3.75. The van der Waals surface area contributed by atoms with E-state index in [0.717, 1.165) is 10.9 Å². The minimum Gasteiger partial charge on any atom is -0.450 e. The zero-order valence-corrected chi connectivity index (χ0v) is 15.4. The van der Waals surface area contributed by atoms with Gasteiger partial charge in [-0.05, 0) is 37.4 Å². The Bertz CT molecular complexity index is 1280. The number of ether oxygens (including phenoxy) is 1. The lowest BCUT2D eigenvalue weighted by Crippen LogP contribution is -2.26. The van der Waals surface area contributed by atoms with E-state index >= 15 is 0 Å². The molecule has 0 saturated carbocycles. The number of aromatic amines is 2. The second-order valence-electron chi connectivity index (χ2n) is 6.68. The topological polar surface area (TPSA) is 92.0 Å². The molecular formula is C22H18N2O4. The van der Waals surface area contributed by atoms with Crippen LogP contribution in [0.15, 0.2) is 59.4 Å². The molecule has 2 aromatic heterocycles. The normalized spacial score (nSPS) is 12.2. The summed E-state index contributed by atoms with van der Waals surface area (Å²) in [4.78, 5) is 43.3. The quantitative estimate of drug-likeness (QED) is 0.420. The van der Waals surface area contributed by atoms with Crippen molar-refractivity contribution in [3.63, 3.8) is 0 Å². The number of nitrogens with one attached hydrogen (secondary N) is 2. The SMILES string of the molecule is Cc1[nH]c2ccccc2c1C(=O)[C@H](C)OC(=O)c1cc2ccccc2c(=O)[nH]1. The Morgan fingerprint density at radius 1 is 0.964 bits per heavy atom. The molecule has 4 rings (SSSR count). The van der Waals surface area contributed by atoms with E-state index in [4.69, 9.17) is 4.74 Å². The fourth-order valence-corrected chi connectivity index (χ4v) is 3.40. The minimum absolute atomic E-state index is 0.0130. The minimum atomic E-state index is -1.000. The number of esters is 1. The smallest absolute Gasteiger partial charge is 0.355 e. The Morgan fingerprint density at radius 2 is 1.64 bits per heavy atom. The van der Waals surface area contributed by atoms with Gasteiger partial charge in [0.15, 0.2) is 6.10 Å². The summed E-state index contributed by atoms with van der Waals surface area (Å²) in [6.45, 7) is 3.34. The molecule has 2 aromatic carbocycles. The number of carbonyl (C=O) groups is 2. The second kappa shape index (κ2) is 6.81. The third kappa shape index (κ3) is 2.99. The highest BCUT2D eigenvalue weighted by atomic mass is 16.5. The molecule has 4 aromatic rings. The Labute approximate surface area is 160 Å². The van der Waals surface area contributed by atoms with Crippen LogP contribution >= 0.6 is 0 Å². The first-order chi connectivity index (χ1) is 13.5. The maximum Gasteiger partial charge on any atom is 0.355 e. The molecule has 2 N–H and O–H groups in total. The number of Topliss-reactive ketones (excluding diaryl/α,β-unsaturated/α-hetero) is 1. The van der Waals surface area contributed by atoms with Gasteiger partial charge in [0, 0.05) is 27.5 Å². The summed E-state index contributed by atoms with van der Waals surface area (Å²) in [5, 5.41) is 1.90. The number of aromatic nitrogens is 2. The average molecular weight is 374 g/mol. The number of hydrogen-bond donors (Lipinski definition) is 2. The Balaban J connectivity index is 1.62. The van der Waals surface area contributed by atoms with Crippen molar-refractivity contribution < 1.29 is 14.3 Å². The Morgan fingerprint density at radius 3 is 2.43 bits per heavy atom. The lowest BCUT2D eigenvalue weighted by atomic mass is 10.0. The largest absolute Gasteiger partial charge is 0.450 e. The Hall–Kier alpha value is -3.67. The number of fused-ring (bicyclic) bond motifs is 2. The number of aryl methyl sites for hydroxylation is 1. The van der Waals surface area contributed by atoms with E-state index in [1.807, 2.05) is 31.2 Å². The van der Waals surface area contributed by atoms with Crippen molar-refractivity contribution in [1.29, 1.82) is 0 Å². The number of ketones is 1. The first-order valence-electron chi connectivity index (χ1n) is 8.90. The fourth-order valence-electron chi connectivity index (χ4n) is 3.40. The van der Waals surface area contributed by atoms with Crippen LogP contribution in [0.25, 0.3) is 21.7 Å². The summed E-state index contributed by atoms with van der Waals surface area (Å²) in [7, 11) is 0. The molecule has 0 amide bonds. The second-order valence-corrected chi connectivity index (χ2v) is 6.68. The van der Waals surface area contributed by atoms with Crippen molar-refractivity contribution >= 4 is 33.4 Å². The van der Waals surface area contributed by atoms with Crippen molar-refractivity contribution in [1.82, 2.24) is 9.97 Å². The molecule has 6 heteroatoms. The molecule has 0 radical (unpaired) electrons. The standard InChI is InChI=1S/C22H18N2O4/c1-12-19(16-9-5-6-10-17(16)23-12)20(25)13(2)28-22(27)18-11-14-7-3-4-8-15(14)21(26)24-18/h3-11,13,23H,1-2H3,(H,24,26)/t13-/m0/s1. The molecule has 0 bridgehead atoms. The first-order valence-corrected chi connectivity index (χ1v) is 8.90. The van der Waals surface area contributed by atoms with Gasteiger partial charge in [-0.3, -0.25) is 9.59 Å². The van der Waals surface area contributed by atoms with E-state index in [2.05, 4.69) is 9.97 Å². The van der Waals surface area contributed by atoms with Gasteiger partial charge in [-0.15, -0.1) is 0 Å². The zero-order chi connectivity index (χ0) is 19.8. The van der Waals surface area contributed by atoms with Gasteiger partial charge in [-0.25, -0.2) is 4.79 Å². The number of benzene rings is 2. The van der Waals surface area contributed by atoms with E-state index in [1.54, 1.807) is 30.3 Å². The molecule has 0 aliphatic carbocycles. The van der Waals surface area contributed by atoms with Crippen LogP contribution in [0.2, 0.25) is 0 Å². The third-order valence-electron chi connectivity index (χ3n) is 4.77. The molecule has 140 valence electrons. The molecule has 1 atom stereocenters. The number of carbonyl (C=O) groups excluding carboxylic acids is 2. The molecule has 6 nitrogen and oxygen atoms in total. The van der Waals surface area contributed by atoms with Crippen LogP contribution in [0.1, 0.15) is 33.5 Å². The van der Waals surface area contributed by atoms with Crippen LogP contribution in [0, 0.1) is 6.92 Å². The van der Waals surface area contributed by atoms with E-state index in [-0.39, 0.29) is 17.0 Å². The molecule has 0 unspecified atom stereocenters. The molecule has 0 saturated heterocycles. The van der Waals surface area contributed by atoms with E-state index in [0.29, 0.717) is 22.0 Å². The highest BCUT2D eigenvalue weighted by molar-refractivity contribution is 6.11. The first kappa shape index (κ1) is 17.7. The van der Waals surface area contributed by atoms with Crippen LogP contribution in [-0.2, 0) is 4.74 Å². The van der Waals surface area contributed by atoms with E-state index in [1.165, 1.54) is 6.92 Å². The van der Waals surface area contributed by atoms with Gasteiger partial charge in [0.25, 0.3) is 5.56 Å². The summed E-state index contributed by atoms with van der Waals surface area (Å²) in [6.07, 6.45) is -1.000. The highest BCUT2D eigenvalue weighted by Crippen LogP contribution is 2.24. The third-order valence-corrected chi connectivity index (χ3v) is 4.77. The number of para-hydroxylation sites is 1. The molecule has 2 heterocycles. The fraction of sp³-hybridized carbons (Fsp3) is 0.136. The van der Waals surface area contributed by atoms with Crippen LogP contribution in [0.4, 0.5) is 0 Å². The monoisotopic (exact) mass is 374 g/mol. The van der Waals surface area contributed by atoms with Gasteiger partial charge in [-0.1, -0.05) is 36.4 Å². The summed E-state index contributed by atoms with van der Waals surface area (Å²) in [5.74, 6) is -1.05. The van der Waals surface area contributed by atoms with Crippen molar-refractivity contribution in [2.75, 3.05) is 0 Å². The van der Waals surface area contributed by atoms with Crippen LogP contribution in [0.3, 0.4) is 0 Å². The summed E-state index contributed by atoms with van der Waals surface area (Å²) >= 11 is 0. The van der Waals surface area contributed by atoms with E-state index in [9.17, 15) is 14.4 Å². The molecule has 28 heavy (non-hydrogen) atoms. The van der Waals surface area contributed by atoms with Gasteiger partial charge in [0.2, 0.25) is 5.78 Å². The summed E-state index contributed by atoms with van der Waals surface area (Å²) in [6, 6.07) is 16.0. The van der Waals surface area contributed by atoms with E-state index < -0.39 is 12.1 Å². The number of hydrogen-bond acceptors (Lipinski definition) is 4. The van der Waals surface area contributed by atoms with Crippen LogP contribution in [-0.4, -0.2) is 27.8 Å². The lowest BCUT2D eigenvalue weighted by Gasteiger charge is -2.13. The lowest BCUT2D eigenvalue weighted by molar-refractivity contribution is 0.0313. The van der Waals surface area contributed by atoms with Gasteiger partial charge in [0.05, 0.1) is 0 Å². The molecule has 0 spiro atoms. The Kier molecular flexibility index (Phi) is 4.31. The van der Waals surface area contributed by atoms with Crippen LogP contribution in [0.5, 0.6) is 0 Å². The maximum absolute atomic E-state index is 12.9. The molecule has 0 aliphatic heterocycles. The van der Waals surface area contributed by atoms with Crippen molar-refractivity contribution in [2.24, 2.45) is 0 Å². The predicted molar refractivity (Wildman–Crippen MR) is 107 cm³/mol. The zero-order valence-electron chi connectivity index (χ0n) is 15.4. The summed E-state index contributed by atoms with van der Waals surface area (Å²) in [5.41, 5.74) is 1.70.